The molecule has 1 aliphatic heterocycles. The Labute approximate surface area is 175 Å². The van der Waals surface area contributed by atoms with Crippen LogP contribution in [0.25, 0.3) is 11.1 Å². The van der Waals surface area contributed by atoms with Crippen LogP contribution in [0.1, 0.15) is 12.8 Å². The Kier molecular flexibility index (Phi) is 6.86. The molecule has 1 heterocycles. The molecule has 0 radical (unpaired) electrons. The van der Waals surface area contributed by atoms with Crippen molar-refractivity contribution in [2.75, 3.05) is 32.5 Å². The molecule has 2 amide bonds. The molecule has 0 spiro atoms. The Hall–Kier alpha value is -3.60. The number of hydrogen-bond donors (Lipinski definition) is 2. The van der Waals surface area contributed by atoms with Gasteiger partial charge in [0.25, 0.3) is 0 Å². The van der Waals surface area contributed by atoms with Gasteiger partial charge in [0, 0.05) is 38.9 Å². The van der Waals surface area contributed by atoms with E-state index in [9.17, 15) is 9.18 Å². The van der Waals surface area contributed by atoms with Gasteiger partial charge in [0.15, 0.2) is 6.19 Å². The van der Waals surface area contributed by atoms with Gasteiger partial charge in [-0.1, -0.05) is 24.3 Å². The lowest BCUT2D eigenvalue weighted by atomic mass is 10.0. The van der Waals surface area contributed by atoms with Crippen LogP contribution in [0.3, 0.4) is 0 Å². The van der Waals surface area contributed by atoms with Crippen molar-refractivity contribution < 1.29 is 9.18 Å². The standard InChI is InChI=1S/C22H25FN6O/c1-25-21(26-15-24)29-12-10-20(11-13-29)28(2)22(30)27-19-8-6-16(7-9-19)17-4-3-5-18(23)14-17/h3-9,14,20H,10-13H2,1-2H3,(H,25,26)(H,27,30). The normalized spacial score (nSPS) is 14.7. The van der Waals surface area contributed by atoms with Crippen molar-refractivity contribution in [1.82, 2.24) is 15.1 Å². The van der Waals surface area contributed by atoms with E-state index in [1.54, 1.807) is 25.1 Å². The second kappa shape index (κ2) is 9.74. The second-order valence-electron chi connectivity index (χ2n) is 7.13. The number of likely N-dealkylation sites (tertiary alicyclic amines) is 1. The number of nitrogens with zero attached hydrogens (tertiary/aromatic N) is 4. The number of piperidine rings is 1. The first kappa shape index (κ1) is 21.1. The lowest BCUT2D eigenvalue weighted by Gasteiger charge is -2.37. The molecule has 2 aromatic rings. The summed E-state index contributed by atoms with van der Waals surface area (Å²) in [5.41, 5.74) is 2.35. The van der Waals surface area contributed by atoms with Crippen LogP contribution in [0.4, 0.5) is 14.9 Å². The Morgan fingerprint density at radius 2 is 1.90 bits per heavy atom. The Morgan fingerprint density at radius 3 is 2.50 bits per heavy atom. The number of rotatable bonds is 3. The van der Waals surface area contributed by atoms with Gasteiger partial charge in [-0.15, -0.1) is 0 Å². The van der Waals surface area contributed by atoms with Gasteiger partial charge in [0.05, 0.1) is 0 Å². The first-order valence-corrected chi connectivity index (χ1v) is 9.78. The molecule has 1 aliphatic rings. The average Bonchev–Trinajstić information content (AvgIpc) is 2.77. The monoisotopic (exact) mass is 408 g/mol. The highest BCUT2D eigenvalue weighted by Crippen LogP contribution is 2.23. The SMILES string of the molecule is CN=C(NC#N)N1CCC(N(C)C(=O)Nc2ccc(-c3cccc(F)c3)cc2)CC1. The molecule has 2 N–H and O–H groups in total. The Morgan fingerprint density at radius 1 is 1.20 bits per heavy atom. The van der Waals surface area contributed by atoms with Crippen LogP contribution >= 0.6 is 0 Å². The fraction of sp³-hybridized carbons (Fsp3) is 0.318. The molecule has 3 rings (SSSR count). The third kappa shape index (κ3) is 5.06. The van der Waals surface area contributed by atoms with Crippen LogP contribution < -0.4 is 10.6 Å². The second-order valence-corrected chi connectivity index (χ2v) is 7.13. The maximum Gasteiger partial charge on any atom is 0.321 e. The van der Waals surface area contributed by atoms with Crippen molar-refractivity contribution in [1.29, 1.82) is 5.26 Å². The van der Waals surface area contributed by atoms with Crippen molar-refractivity contribution in [3.05, 3.63) is 54.3 Å². The first-order valence-electron chi connectivity index (χ1n) is 9.78. The number of hydrogen-bond acceptors (Lipinski definition) is 3. The molecule has 0 saturated carbocycles. The number of nitrogens with one attached hydrogen (secondary N) is 2. The average molecular weight is 408 g/mol. The van der Waals surface area contributed by atoms with Gasteiger partial charge in [0.1, 0.15) is 5.82 Å². The first-order chi connectivity index (χ1) is 14.5. The van der Waals surface area contributed by atoms with Gasteiger partial charge in [-0.2, -0.15) is 5.26 Å². The van der Waals surface area contributed by atoms with Crippen LogP contribution in [-0.4, -0.2) is 55.0 Å². The third-order valence-electron chi connectivity index (χ3n) is 5.31. The quantitative estimate of drug-likeness (QED) is 0.353. The number of urea groups is 1. The molecule has 7 nitrogen and oxygen atoms in total. The summed E-state index contributed by atoms with van der Waals surface area (Å²) in [6.45, 7) is 1.43. The summed E-state index contributed by atoms with van der Waals surface area (Å²) in [7, 11) is 3.43. The van der Waals surface area contributed by atoms with E-state index < -0.39 is 0 Å². The van der Waals surface area contributed by atoms with Gasteiger partial charge in [0.2, 0.25) is 5.96 Å². The molecule has 30 heavy (non-hydrogen) atoms. The molecule has 1 saturated heterocycles. The molecule has 1 fully saturated rings. The molecule has 156 valence electrons. The number of anilines is 1. The highest BCUT2D eigenvalue weighted by molar-refractivity contribution is 5.89. The van der Waals surface area contributed by atoms with Crippen LogP contribution in [0.2, 0.25) is 0 Å². The summed E-state index contributed by atoms with van der Waals surface area (Å²) in [4.78, 5) is 20.5. The minimum atomic E-state index is -0.279. The zero-order chi connectivity index (χ0) is 21.5. The number of carbonyl (C=O) groups excluding carboxylic acids is 1. The molecule has 8 heteroatoms. The lowest BCUT2D eigenvalue weighted by Crippen LogP contribution is -2.50. The number of benzene rings is 2. The molecule has 2 aromatic carbocycles. The number of guanidine groups is 1. The van der Waals surface area contributed by atoms with E-state index in [4.69, 9.17) is 5.26 Å². The van der Waals surface area contributed by atoms with Crippen LogP contribution in [-0.2, 0) is 0 Å². The van der Waals surface area contributed by atoms with Crippen molar-refractivity contribution in [2.24, 2.45) is 4.99 Å². The number of nitriles is 1. The maximum absolute atomic E-state index is 13.4. The Balaban J connectivity index is 1.55. The fourth-order valence-corrected chi connectivity index (χ4v) is 3.58. The molecular weight excluding hydrogens is 383 g/mol. The van der Waals surface area contributed by atoms with Crippen molar-refractivity contribution in [3.63, 3.8) is 0 Å². The fourth-order valence-electron chi connectivity index (χ4n) is 3.58. The van der Waals surface area contributed by atoms with E-state index >= 15 is 0 Å². The third-order valence-corrected chi connectivity index (χ3v) is 5.31. The van der Waals surface area contributed by atoms with E-state index in [0.29, 0.717) is 24.7 Å². The maximum atomic E-state index is 13.4. The minimum Gasteiger partial charge on any atom is -0.342 e. The molecular formula is C22H25FN6O. The van der Waals surface area contributed by atoms with Crippen LogP contribution in [0.15, 0.2) is 53.5 Å². The molecule has 0 bridgehead atoms. The van der Waals surface area contributed by atoms with Gasteiger partial charge in [-0.25, -0.2) is 9.18 Å². The summed E-state index contributed by atoms with van der Waals surface area (Å²) in [6.07, 6.45) is 3.47. The zero-order valence-electron chi connectivity index (χ0n) is 17.1. The minimum absolute atomic E-state index is 0.105. The molecule has 0 atom stereocenters. The number of amides is 2. The summed E-state index contributed by atoms with van der Waals surface area (Å²) in [5.74, 6) is 0.278. The van der Waals surface area contributed by atoms with Crippen molar-refractivity contribution in [3.8, 4) is 17.3 Å². The predicted octanol–water partition coefficient (Wildman–Crippen LogP) is 3.48. The van der Waals surface area contributed by atoms with E-state index in [2.05, 4.69) is 15.6 Å². The highest BCUT2D eigenvalue weighted by atomic mass is 19.1. The van der Waals surface area contributed by atoms with E-state index in [1.807, 2.05) is 41.4 Å². The van der Waals surface area contributed by atoms with Gasteiger partial charge in [-0.05, 0) is 48.2 Å². The van der Waals surface area contributed by atoms with Gasteiger partial charge < -0.3 is 15.1 Å². The van der Waals surface area contributed by atoms with Crippen molar-refractivity contribution in [2.45, 2.75) is 18.9 Å². The smallest absolute Gasteiger partial charge is 0.321 e. The van der Waals surface area contributed by atoms with E-state index in [1.165, 1.54) is 12.1 Å². The van der Waals surface area contributed by atoms with E-state index in [0.717, 1.165) is 24.0 Å². The van der Waals surface area contributed by atoms with Crippen LogP contribution in [0, 0.1) is 17.3 Å². The van der Waals surface area contributed by atoms with E-state index in [-0.39, 0.29) is 17.9 Å². The summed E-state index contributed by atoms with van der Waals surface area (Å²) >= 11 is 0. The summed E-state index contributed by atoms with van der Waals surface area (Å²) < 4.78 is 13.4. The highest BCUT2D eigenvalue weighted by Gasteiger charge is 2.26. The van der Waals surface area contributed by atoms with Gasteiger partial charge >= 0.3 is 6.03 Å². The molecule has 0 aliphatic carbocycles. The number of aliphatic imine (C=N–C) groups is 1. The zero-order valence-corrected chi connectivity index (χ0v) is 17.1. The van der Waals surface area contributed by atoms with Gasteiger partial charge in [-0.3, -0.25) is 10.3 Å². The predicted molar refractivity (Wildman–Crippen MR) is 115 cm³/mol. The topological polar surface area (TPSA) is 83.8 Å². The number of halogens is 1. The van der Waals surface area contributed by atoms with Crippen LogP contribution in [0.5, 0.6) is 0 Å². The Bertz CT molecular complexity index is 945. The largest absolute Gasteiger partial charge is 0.342 e. The molecule has 0 unspecified atom stereocenters. The number of carbonyl (C=O) groups is 1. The molecule has 0 aromatic heterocycles. The summed E-state index contributed by atoms with van der Waals surface area (Å²) in [6, 6.07) is 13.7. The van der Waals surface area contributed by atoms with Crippen molar-refractivity contribution >= 4 is 17.7 Å². The lowest BCUT2D eigenvalue weighted by molar-refractivity contribution is 0.170. The summed E-state index contributed by atoms with van der Waals surface area (Å²) in [5, 5.41) is 14.3.